The predicted molar refractivity (Wildman–Crippen MR) is 113 cm³/mol. The van der Waals surface area contributed by atoms with Gasteiger partial charge in [-0.05, 0) is 55.2 Å². The highest BCUT2D eigenvalue weighted by Gasteiger charge is 2.22. The zero-order chi connectivity index (χ0) is 20.9. The summed E-state index contributed by atoms with van der Waals surface area (Å²) in [7, 11) is -3.95. The molecule has 6 nitrogen and oxygen atoms in total. The summed E-state index contributed by atoms with van der Waals surface area (Å²) < 4.78 is 28.3. The van der Waals surface area contributed by atoms with E-state index in [1.807, 2.05) is 31.2 Å². The van der Waals surface area contributed by atoms with Crippen LogP contribution in [0, 0.1) is 13.8 Å². The van der Waals surface area contributed by atoms with Gasteiger partial charge in [-0.25, -0.2) is 8.42 Å². The van der Waals surface area contributed by atoms with Crippen molar-refractivity contribution in [3.63, 3.8) is 0 Å². The van der Waals surface area contributed by atoms with Gasteiger partial charge in [-0.15, -0.1) is 0 Å². The van der Waals surface area contributed by atoms with Gasteiger partial charge in [0.05, 0.1) is 17.4 Å². The Balaban J connectivity index is 1.76. The molecule has 0 aliphatic heterocycles. The number of carbonyl (C=O) groups excluding carboxylic acids is 1. The number of benzene rings is 2. The zero-order valence-electron chi connectivity index (χ0n) is 16.3. The van der Waals surface area contributed by atoms with E-state index in [0.717, 1.165) is 16.7 Å². The molecule has 1 heterocycles. The van der Waals surface area contributed by atoms with Crippen LogP contribution in [0.4, 0.5) is 5.69 Å². The lowest BCUT2D eigenvalue weighted by atomic mass is 10.1. The fourth-order valence-electron chi connectivity index (χ4n) is 2.96. The van der Waals surface area contributed by atoms with Gasteiger partial charge >= 0.3 is 0 Å². The lowest BCUT2D eigenvalue weighted by Gasteiger charge is -2.13. The van der Waals surface area contributed by atoms with E-state index in [0.29, 0.717) is 18.7 Å². The third kappa shape index (κ3) is 5.00. The molecule has 1 aromatic heterocycles. The molecule has 0 fully saturated rings. The van der Waals surface area contributed by atoms with Gasteiger partial charge in [0, 0.05) is 12.7 Å². The average Bonchev–Trinajstić information content (AvgIpc) is 2.71. The summed E-state index contributed by atoms with van der Waals surface area (Å²) in [5.41, 5.74) is 3.51. The Kier molecular flexibility index (Phi) is 6.29. The van der Waals surface area contributed by atoms with E-state index >= 15 is 0 Å². The first-order valence-corrected chi connectivity index (χ1v) is 10.7. The first-order chi connectivity index (χ1) is 13.9. The van der Waals surface area contributed by atoms with Crippen molar-refractivity contribution in [2.45, 2.75) is 25.2 Å². The Morgan fingerprint density at radius 2 is 1.69 bits per heavy atom. The van der Waals surface area contributed by atoms with Crippen LogP contribution in [0.3, 0.4) is 0 Å². The molecule has 1 amide bonds. The molecule has 0 atom stereocenters. The number of aryl methyl sites for hydroxylation is 2. The molecule has 0 saturated heterocycles. The number of sulfonamides is 1. The molecule has 0 aliphatic rings. The third-order valence-electron chi connectivity index (χ3n) is 4.65. The third-order valence-corrected chi connectivity index (χ3v) is 6.07. The number of nitrogens with zero attached hydrogens (tertiary/aromatic N) is 1. The maximum Gasteiger partial charge on any atom is 0.262 e. The average molecular weight is 410 g/mol. The summed E-state index contributed by atoms with van der Waals surface area (Å²) in [6, 6.07) is 15.8. The summed E-state index contributed by atoms with van der Waals surface area (Å²) in [6.07, 6.45) is 3.70. The molecular formula is C22H23N3O3S. The fraction of sp³-hybridized carbons (Fsp3) is 0.182. The number of amides is 1. The minimum atomic E-state index is -3.95. The van der Waals surface area contributed by atoms with Crippen molar-refractivity contribution in [2.75, 3.05) is 11.3 Å². The van der Waals surface area contributed by atoms with E-state index in [9.17, 15) is 13.2 Å². The highest BCUT2D eigenvalue weighted by Crippen LogP contribution is 2.21. The van der Waals surface area contributed by atoms with Gasteiger partial charge in [-0.1, -0.05) is 36.4 Å². The minimum absolute atomic E-state index is 0.0726. The summed E-state index contributed by atoms with van der Waals surface area (Å²) in [6.45, 7) is 4.21. The molecule has 3 aromatic rings. The summed E-state index contributed by atoms with van der Waals surface area (Å²) >= 11 is 0. The molecular weight excluding hydrogens is 386 g/mol. The van der Waals surface area contributed by atoms with E-state index < -0.39 is 15.9 Å². The van der Waals surface area contributed by atoms with Crippen molar-refractivity contribution < 1.29 is 13.2 Å². The first-order valence-electron chi connectivity index (χ1n) is 9.23. The second-order valence-electron chi connectivity index (χ2n) is 6.72. The lowest BCUT2D eigenvalue weighted by Crippen LogP contribution is -2.28. The Morgan fingerprint density at radius 1 is 0.966 bits per heavy atom. The van der Waals surface area contributed by atoms with Crippen LogP contribution in [-0.2, 0) is 16.4 Å². The van der Waals surface area contributed by atoms with Crippen molar-refractivity contribution >= 4 is 21.6 Å². The van der Waals surface area contributed by atoms with Crippen LogP contribution < -0.4 is 10.0 Å². The molecule has 0 unspecified atom stereocenters. The lowest BCUT2D eigenvalue weighted by molar-refractivity contribution is 0.0951. The van der Waals surface area contributed by atoms with Crippen LogP contribution in [0.15, 0.2) is 71.9 Å². The van der Waals surface area contributed by atoms with Crippen LogP contribution in [0.1, 0.15) is 27.0 Å². The summed E-state index contributed by atoms with van der Waals surface area (Å²) in [4.78, 5) is 16.6. The Labute approximate surface area is 171 Å². The van der Waals surface area contributed by atoms with Crippen molar-refractivity contribution in [2.24, 2.45) is 0 Å². The smallest absolute Gasteiger partial charge is 0.262 e. The largest absolute Gasteiger partial charge is 0.352 e. The standard InChI is InChI=1S/C22H23N3O3S/c1-16-7-3-4-8-18(16)12-14-24-22(26)19-9-5-6-10-21(19)29(27,28)25-20-15-23-13-11-17(20)2/h3-11,13,15,25H,12,14H2,1-2H3,(H,24,26). The number of nitrogens with one attached hydrogen (secondary N) is 2. The molecule has 150 valence electrons. The number of anilines is 1. The Hall–Kier alpha value is -3.19. The van der Waals surface area contributed by atoms with E-state index in [2.05, 4.69) is 15.0 Å². The zero-order valence-corrected chi connectivity index (χ0v) is 17.2. The molecule has 0 aliphatic carbocycles. The fourth-order valence-corrected chi connectivity index (χ4v) is 4.28. The topological polar surface area (TPSA) is 88.2 Å². The second kappa shape index (κ2) is 8.87. The van der Waals surface area contributed by atoms with Crippen LogP contribution in [-0.4, -0.2) is 25.9 Å². The van der Waals surface area contributed by atoms with Crippen molar-refractivity contribution in [1.82, 2.24) is 10.3 Å². The molecule has 3 rings (SSSR count). The van der Waals surface area contributed by atoms with E-state index in [1.54, 1.807) is 31.3 Å². The van der Waals surface area contributed by atoms with E-state index in [-0.39, 0.29) is 10.5 Å². The van der Waals surface area contributed by atoms with Gasteiger partial charge < -0.3 is 5.32 Å². The summed E-state index contributed by atoms with van der Waals surface area (Å²) in [5.74, 6) is -0.428. The van der Waals surface area contributed by atoms with Gasteiger partial charge in [0.2, 0.25) is 0 Å². The van der Waals surface area contributed by atoms with Crippen molar-refractivity contribution in [3.05, 3.63) is 89.2 Å². The molecule has 0 radical (unpaired) electrons. The molecule has 0 saturated carbocycles. The molecule has 0 bridgehead atoms. The van der Waals surface area contributed by atoms with Gasteiger partial charge in [-0.3, -0.25) is 14.5 Å². The first kappa shape index (κ1) is 20.5. The summed E-state index contributed by atoms with van der Waals surface area (Å²) in [5, 5.41) is 2.82. The SMILES string of the molecule is Cc1ccccc1CCNC(=O)c1ccccc1S(=O)(=O)Nc1cnccc1C. The predicted octanol–water partition coefficient (Wildman–Crippen LogP) is 3.47. The highest BCUT2D eigenvalue weighted by molar-refractivity contribution is 7.92. The monoisotopic (exact) mass is 409 g/mol. The molecule has 7 heteroatoms. The number of carbonyl (C=O) groups is 1. The Morgan fingerprint density at radius 3 is 2.45 bits per heavy atom. The molecule has 2 aromatic carbocycles. The van der Waals surface area contributed by atoms with E-state index in [1.165, 1.54) is 18.3 Å². The normalized spacial score (nSPS) is 11.1. The van der Waals surface area contributed by atoms with Crippen LogP contribution in [0.2, 0.25) is 0 Å². The van der Waals surface area contributed by atoms with E-state index in [4.69, 9.17) is 0 Å². The molecule has 29 heavy (non-hydrogen) atoms. The number of aromatic nitrogens is 1. The molecule has 0 spiro atoms. The van der Waals surface area contributed by atoms with Gasteiger partial charge in [0.25, 0.3) is 15.9 Å². The van der Waals surface area contributed by atoms with Gasteiger partial charge in [0.1, 0.15) is 4.90 Å². The van der Waals surface area contributed by atoms with Crippen LogP contribution in [0.5, 0.6) is 0 Å². The van der Waals surface area contributed by atoms with Crippen molar-refractivity contribution in [1.29, 1.82) is 0 Å². The van der Waals surface area contributed by atoms with Crippen LogP contribution >= 0.6 is 0 Å². The number of pyridine rings is 1. The number of rotatable bonds is 7. The quantitative estimate of drug-likeness (QED) is 0.625. The van der Waals surface area contributed by atoms with Crippen LogP contribution in [0.25, 0.3) is 0 Å². The number of hydrogen-bond acceptors (Lipinski definition) is 4. The van der Waals surface area contributed by atoms with Crippen molar-refractivity contribution in [3.8, 4) is 0 Å². The minimum Gasteiger partial charge on any atom is -0.352 e. The van der Waals surface area contributed by atoms with Gasteiger partial charge in [-0.2, -0.15) is 0 Å². The van der Waals surface area contributed by atoms with Gasteiger partial charge in [0.15, 0.2) is 0 Å². The maximum atomic E-state index is 12.9. The highest BCUT2D eigenvalue weighted by atomic mass is 32.2. The Bertz CT molecular complexity index is 1130. The number of hydrogen-bond donors (Lipinski definition) is 2. The maximum absolute atomic E-state index is 12.9. The second-order valence-corrected chi connectivity index (χ2v) is 8.38. The molecule has 2 N–H and O–H groups in total.